The van der Waals surface area contributed by atoms with Gasteiger partial charge in [-0.2, -0.15) is 0 Å². The standard InChI is InChI=1S/C24H24ClNOS/c1-3-17-11-8-12-18(4-2)22(17)26-24(27)23(19-9-6-5-7-10-19)28-21-15-13-20(25)14-16-21/h5-16,23H,3-4H2,1-2H3,(H,26,27)/t23-/m1/s1. The van der Waals surface area contributed by atoms with Gasteiger partial charge in [0.05, 0.1) is 0 Å². The number of amides is 1. The van der Waals surface area contributed by atoms with Crippen molar-refractivity contribution in [2.75, 3.05) is 5.32 Å². The molecule has 0 bridgehead atoms. The van der Waals surface area contributed by atoms with Crippen LogP contribution in [0.5, 0.6) is 0 Å². The van der Waals surface area contributed by atoms with E-state index in [1.54, 1.807) is 0 Å². The Labute approximate surface area is 176 Å². The second-order valence-electron chi connectivity index (χ2n) is 6.51. The number of thioether (sulfide) groups is 1. The van der Waals surface area contributed by atoms with Gasteiger partial charge in [0, 0.05) is 15.6 Å². The lowest BCUT2D eigenvalue weighted by molar-refractivity contribution is -0.115. The number of benzene rings is 3. The van der Waals surface area contributed by atoms with Gasteiger partial charge in [-0.05, 0) is 53.8 Å². The molecule has 3 aromatic rings. The number of hydrogen-bond acceptors (Lipinski definition) is 2. The lowest BCUT2D eigenvalue weighted by Crippen LogP contribution is -2.20. The number of halogens is 1. The monoisotopic (exact) mass is 409 g/mol. The zero-order valence-electron chi connectivity index (χ0n) is 16.1. The second kappa shape index (κ2) is 9.81. The van der Waals surface area contributed by atoms with E-state index in [2.05, 4.69) is 37.4 Å². The highest BCUT2D eigenvalue weighted by Gasteiger charge is 2.23. The van der Waals surface area contributed by atoms with Crippen LogP contribution in [0.1, 0.15) is 35.8 Å². The van der Waals surface area contributed by atoms with E-state index >= 15 is 0 Å². The number of rotatable bonds is 7. The van der Waals surface area contributed by atoms with E-state index in [1.807, 2.05) is 54.6 Å². The number of nitrogens with one attached hydrogen (secondary N) is 1. The van der Waals surface area contributed by atoms with E-state index in [1.165, 1.54) is 11.8 Å². The molecule has 2 nitrogen and oxygen atoms in total. The van der Waals surface area contributed by atoms with Crippen LogP contribution in [0.2, 0.25) is 5.02 Å². The minimum absolute atomic E-state index is 0.0123. The van der Waals surface area contributed by atoms with E-state index in [0.29, 0.717) is 5.02 Å². The fourth-order valence-electron chi connectivity index (χ4n) is 3.14. The quantitative estimate of drug-likeness (QED) is 0.428. The first kappa shape index (κ1) is 20.5. The average molecular weight is 410 g/mol. The molecule has 0 saturated heterocycles. The molecule has 144 valence electrons. The maximum Gasteiger partial charge on any atom is 0.242 e. The van der Waals surface area contributed by atoms with Crippen molar-refractivity contribution in [1.82, 2.24) is 0 Å². The first-order valence-corrected chi connectivity index (χ1v) is 10.8. The molecule has 3 aromatic carbocycles. The third-order valence-electron chi connectivity index (χ3n) is 4.66. The number of carbonyl (C=O) groups is 1. The van der Waals surface area contributed by atoms with Crippen molar-refractivity contribution < 1.29 is 4.79 Å². The molecule has 1 atom stereocenters. The van der Waals surface area contributed by atoms with Gasteiger partial charge < -0.3 is 5.32 Å². The van der Waals surface area contributed by atoms with E-state index in [0.717, 1.165) is 40.1 Å². The topological polar surface area (TPSA) is 29.1 Å². The second-order valence-corrected chi connectivity index (χ2v) is 8.13. The van der Waals surface area contributed by atoms with Gasteiger partial charge in [-0.25, -0.2) is 0 Å². The van der Waals surface area contributed by atoms with Gasteiger partial charge in [-0.15, -0.1) is 11.8 Å². The van der Waals surface area contributed by atoms with E-state index in [4.69, 9.17) is 11.6 Å². The highest BCUT2D eigenvalue weighted by atomic mass is 35.5. The summed E-state index contributed by atoms with van der Waals surface area (Å²) < 4.78 is 0. The van der Waals surface area contributed by atoms with Crippen molar-refractivity contribution in [1.29, 1.82) is 0 Å². The molecule has 28 heavy (non-hydrogen) atoms. The van der Waals surface area contributed by atoms with Gasteiger partial charge in [0.1, 0.15) is 5.25 Å². The summed E-state index contributed by atoms with van der Waals surface area (Å²) in [7, 11) is 0. The number of para-hydroxylation sites is 1. The molecule has 0 unspecified atom stereocenters. The number of carbonyl (C=O) groups excluding carboxylic acids is 1. The first-order valence-electron chi connectivity index (χ1n) is 9.51. The van der Waals surface area contributed by atoms with Crippen LogP contribution in [0.15, 0.2) is 77.7 Å². The normalized spacial score (nSPS) is 11.8. The van der Waals surface area contributed by atoms with Gasteiger partial charge in [-0.3, -0.25) is 4.79 Å². The van der Waals surface area contributed by atoms with Gasteiger partial charge in [0.2, 0.25) is 5.91 Å². The molecule has 1 N–H and O–H groups in total. The van der Waals surface area contributed by atoms with Crippen molar-refractivity contribution in [3.8, 4) is 0 Å². The Morgan fingerprint density at radius 3 is 2.07 bits per heavy atom. The number of aryl methyl sites for hydroxylation is 2. The lowest BCUT2D eigenvalue weighted by atomic mass is 10.0. The molecule has 0 heterocycles. The average Bonchev–Trinajstić information content (AvgIpc) is 2.74. The van der Waals surface area contributed by atoms with Crippen molar-refractivity contribution >= 4 is 35.0 Å². The predicted molar refractivity (Wildman–Crippen MR) is 120 cm³/mol. The molecule has 1 amide bonds. The third-order valence-corrected chi connectivity index (χ3v) is 6.17. The van der Waals surface area contributed by atoms with Gasteiger partial charge >= 0.3 is 0 Å². The summed E-state index contributed by atoms with van der Waals surface area (Å²) in [6, 6.07) is 23.7. The van der Waals surface area contributed by atoms with Crippen LogP contribution in [-0.4, -0.2) is 5.91 Å². The summed E-state index contributed by atoms with van der Waals surface area (Å²) in [5.74, 6) is -0.0123. The summed E-state index contributed by atoms with van der Waals surface area (Å²) in [5, 5.41) is 3.56. The fraction of sp³-hybridized carbons (Fsp3) is 0.208. The summed E-state index contributed by atoms with van der Waals surface area (Å²) in [6.45, 7) is 4.23. The van der Waals surface area contributed by atoms with Crippen molar-refractivity contribution in [2.24, 2.45) is 0 Å². The zero-order valence-corrected chi connectivity index (χ0v) is 17.7. The third kappa shape index (κ3) is 4.98. The molecule has 0 aliphatic heterocycles. The highest BCUT2D eigenvalue weighted by molar-refractivity contribution is 8.00. The van der Waals surface area contributed by atoms with Crippen LogP contribution in [0.25, 0.3) is 0 Å². The van der Waals surface area contributed by atoms with Crippen LogP contribution in [0.3, 0.4) is 0 Å². The van der Waals surface area contributed by atoms with Crippen molar-refractivity contribution in [3.05, 3.63) is 94.5 Å². The largest absolute Gasteiger partial charge is 0.324 e. The Balaban J connectivity index is 1.92. The molecule has 0 aliphatic carbocycles. The SMILES string of the molecule is CCc1cccc(CC)c1NC(=O)[C@H](Sc1ccc(Cl)cc1)c1ccccc1. The molecule has 0 fully saturated rings. The fourth-order valence-corrected chi connectivity index (χ4v) is 4.29. The Bertz CT molecular complexity index is 903. The molecule has 0 saturated carbocycles. The molecular formula is C24H24ClNOS. The Morgan fingerprint density at radius 1 is 0.893 bits per heavy atom. The molecule has 3 rings (SSSR count). The molecule has 0 spiro atoms. The molecule has 0 radical (unpaired) electrons. The van der Waals surface area contributed by atoms with Crippen LogP contribution in [-0.2, 0) is 17.6 Å². The van der Waals surface area contributed by atoms with Crippen LogP contribution < -0.4 is 5.32 Å². The lowest BCUT2D eigenvalue weighted by Gasteiger charge is -2.20. The Hall–Kier alpha value is -2.23. The van der Waals surface area contributed by atoms with Crippen molar-refractivity contribution in [2.45, 2.75) is 36.8 Å². The van der Waals surface area contributed by atoms with Crippen molar-refractivity contribution in [3.63, 3.8) is 0 Å². The maximum absolute atomic E-state index is 13.4. The Kier molecular flexibility index (Phi) is 7.18. The number of hydrogen-bond donors (Lipinski definition) is 1. The van der Waals surface area contributed by atoms with Gasteiger partial charge in [0.25, 0.3) is 0 Å². The summed E-state index contributed by atoms with van der Waals surface area (Å²) >= 11 is 7.55. The van der Waals surface area contributed by atoms with Gasteiger partial charge in [0.15, 0.2) is 0 Å². The number of anilines is 1. The molecule has 4 heteroatoms. The van der Waals surface area contributed by atoms with E-state index in [-0.39, 0.29) is 11.2 Å². The van der Waals surface area contributed by atoms with Crippen LogP contribution in [0, 0.1) is 0 Å². The van der Waals surface area contributed by atoms with Crippen LogP contribution in [0.4, 0.5) is 5.69 Å². The summed E-state index contributed by atoms with van der Waals surface area (Å²) in [5.41, 5.74) is 4.26. The van der Waals surface area contributed by atoms with E-state index in [9.17, 15) is 4.79 Å². The summed E-state index contributed by atoms with van der Waals surface area (Å²) in [4.78, 5) is 14.4. The minimum Gasteiger partial charge on any atom is -0.324 e. The molecule has 0 aromatic heterocycles. The van der Waals surface area contributed by atoms with Gasteiger partial charge in [-0.1, -0.05) is 74.0 Å². The highest BCUT2D eigenvalue weighted by Crippen LogP contribution is 2.37. The first-order chi connectivity index (χ1) is 13.6. The minimum atomic E-state index is -0.350. The maximum atomic E-state index is 13.4. The predicted octanol–water partition coefficient (Wildman–Crippen LogP) is 6.94. The Morgan fingerprint density at radius 2 is 1.50 bits per heavy atom. The smallest absolute Gasteiger partial charge is 0.242 e. The van der Waals surface area contributed by atoms with E-state index < -0.39 is 0 Å². The van der Waals surface area contributed by atoms with Crippen LogP contribution >= 0.6 is 23.4 Å². The summed E-state index contributed by atoms with van der Waals surface area (Å²) in [6.07, 6.45) is 1.76. The zero-order chi connectivity index (χ0) is 19.9. The molecular weight excluding hydrogens is 386 g/mol. The molecule has 0 aliphatic rings.